The molecule has 0 saturated heterocycles. The molecule has 10 aromatic rings. The zero-order valence-electron chi connectivity index (χ0n) is 35.5. The zero-order valence-corrected chi connectivity index (χ0v) is 35.5. The molecule has 0 heterocycles. The Morgan fingerprint density at radius 3 is 1.59 bits per heavy atom. The smallest absolute Gasteiger partial charge is 0.0714 e. The van der Waals surface area contributed by atoms with E-state index < -0.39 is 5.41 Å². The van der Waals surface area contributed by atoms with Gasteiger partial charge in [-0.2, -0.15) is 0 Å². The van der Waals surface area contributed by atoms with Gasteiger partial charge in [0.1, 0.15) is 0 Å². The van der Waals surface area contributed by atoms with Crippen molar-refractivity contribution in [3.05, 3.63) is 270 Å². The average Bonchev–Trinajstić information content (AvgIpc) is 3.77. The third-order valence-electron chi connectivity index (χ3n) is 13.9. The third-order valence-corrected chi connectivity index (χ3v) is 13.9. The van der Waals surface area contributed by atoms with Crippen LogP contribution in [-0.2, 0) is 10.8 Å². The average molecular weight is 804 g/mol. The van der Waals surface area contributed by atoms with Crippen LogP contribution >= 0.6 is 0 Å². The Morgan fingerprint density at radius 2 is 0.825 bits per heavy atom. The lowest BCUT2D eigenvalue weighted by molar-refractivity contribution is 0.660. The molecule has 0 atom stereocenters. The molecule has 0 spiro atoms. The minimum Gasteiger partial charge on any atom is -0.310 e. The van der Waals surface area contributed by atoms with Crippen LogP contribution in [0.5, 0.6) is 0 Å². The largest absolute Gasteiger partial charge is 0.310 e. The van der Waals surface area contributed by atoms with Crippen LogP contribution in [0.3, 0.4) is 0 Å². The summed E-state index contributed by atoms with van der Waals surface area (Å²) < 4.78 is 0. The summed E-state index contributed by atoms with van der Waals surface area (Å²) in [6.45, 7) is 4.71. The van der Waals surface area contributed by atoms with Crippen molar-refractivity contribution < 1.29 is 0 Å². The van der Waals surface area contributed by atoms with Crippen molar-refractivity contribution in [2.24, 2.45) is 0 Å². The van der Waals surface area contributed by atoms with Crippen molar-refractivity contribution in [3.63, 3.8) is 0 Å². The monoisotopic (exact) mass is 803 g/mol. The highest BCUT2D eigenvalue weighted by Gasteiger charge is 2.46. The molecule has 298 valence electrons. The standard InChI is InChI=1S/C62H45N/c1-61(2)57-29-13-11-26-53(57)55-37-33-44(40-59(55)61)42-31-34-48(35-32-42)63(49-24-15-19-45(39-49)52-28-16-18-43-17-9-10-25-51(43)52)50-36-38-56-54-27-12-14-30-58(54)62(60(56)41-50,46-20-5-3-6-21-46)47-22-7-4-8-23-47/h3-41H,1-2H3. The maximum atomic E-state index is 2.47. The fraction of sp³-hybridized carbons (Fsp3) is 0.0645. The van der Waals surface area contributed by atoms with Crippen LogP contribution in [0.4, 0.5) is 17.1 Å². The molecular weight excluding hydrogens is 759 g/mol. The summed E-state index contributed by atoms with van der Waals surface area (Å²) in [5, 5.41) is 2.49. The van der Waals surface area contributed by atoms with Crippen LogP contribution in [0.2, 0.25) is 0 Å². The van der Waals surface area contributed by atoms with Crippen molar-refractivity contribution in [1.82, 2.24) is 0 Å². The number of hydrogen-bond acceptors (Lipinski definition) is 1. The first kappa shape index (κ1) is 37.1. The van der Waals surface area contributed by atoms with Gasteiger partial charge >= 0.3 is 0 Å². The van der Waals surface area contributed by atoms with Crippen LogP contribution in [0.15, 0.2) is 237 Å². The SMILES string of the molecule is CC1(C)c2ccccc2-c2ccc(-c3ccc(N(c4cccc(-c5cccc6ccccc56)c4)c4ccc5c(c4)C(c4ccccc4)(c4ccccc4)c4ccccc4-5)cc3)cc21. The molecular formula is C62H45N. The van der Waals surface area contributed by atoms with E-state index >= 15 is 0 Å². The van der Waals surface area contributed by atoms with E-state index in [1.807, 2.05) is 0 Å². The van der Waals surface area contributed by atoms with E-state index in [0.717, 1.165) is 17.1 Å². The van der Waals surface area contributed by atoms with Crippen molar-refractivity contribution in [2.75, 3.05) is 4.90 Å². The van der Waals surface area contributed by atoms with Crippen LogP contribution in [0.1, 0.15) is 47.2 Å². The van der Waals surface area contributed by atoms with Gasteiger partial charge in [-0.15, -0.1) is 0 Å². The van der Waals surface area contributed by atoms with E-state index in [9.17, 15) is 0 Å². The Morgan fingerprint density at radius 1 is 0.302 bits per heavy atom. The Balaban J connectivity index is 1.04. The van der Waals surface area contributed by atoms with Crippen LogP contribution in [-0.4, -0.2) is 0 Å². The van der Waals surface area contributed by atoms with Crippen LogP contribution in [0, 0.1) is 0 Å². The molecule has 2 aliphatic carbocycles. The van der Waals surface area contributed by atoms with E-state index in [1.165, 1.54) is 88.7 Å². The lowest BCUT2D eigenvalue weighted by Crippen LogP contribution is -2.28. The molecule has 2 aliphatic rings. The molecule has 0 aliphatic heterocycles. The fourth-order valence-electron chi connectivity index (χ4n) is 11.0. The quantitative estimate of drug-likeness (QED) is 0.155. The van der Waals surface area contributed by atoms with Crippen LogP contribution in [0.25, 0.3) is 55.3 Å². The highest BCUT2D eigenvalue weighted by Crippen LogP contribution is 2.57. The summed E-state index contributed by atoms with van der Waals surface area (Å²) in [4.78, 5) is 2.45. The first-order valence-corrected chi connectivity index (χ1v) is 22.1. The molecule has 0 N–H and O–H groups in total. The van der Waals surface area contributed by atoms with Gasteiger partial charge < -0.3 is 4.90 Å². The van der Waals surface area contributed by atoms with E-state index in [-0.39, 0.29) is 5.41 Å². The van der Waals surface area contributed by atoms with Gasteiger partial charge in [0.25, 0.3) is 0 Å². The Kier molecular flexibility index (Phi) is 8.49. The minimum absolute atomic E-state index is 0.0598. The molecule has 10 aromatic carbocycles. The molecule has 0 bridgehead atoms. The van der Waals surface area contributed by atoms with Crippen molar-refractivity contribution in [1.29, 1.82) is 0 Å². The maximum Gasteiger partial charge on any atom is 0.0714 e. The Labute approximate surface area is 370 Å². The van der Waals surface area contributed by atoms with E-state index in [4.69, 9.17) is 0 Å². The normalized spacial score (nSPS) is 13.8. The number of benzene rings is 10. The van der Waals surface area contributed by atoms with Gasteiger partial charge in [0, 0.05) is 22.5 Å². The summed E-state index contributed by atoms with van der Waals surface area (Å²) in [6, 6.07) is 87.8. The third kappa shape index (κ3) is 5.70. The summed E-state index contributed by atoms with van der Waals surface area (Å²) in [5.41, 5.74) is 20.7. The minimum atomic E-state index is -0.508. The molecule has 1 heteroatoms. The van der Waals surface area contributed by atoms with Gasteiger partial charge in [0.15, 0.2) is 0 Å². The number of fused-ring (bicyclic) bond motifs is 7. The van der Waals surface area contributed by atoms with Gasteiger partial charge in [0.2, 0.25) is 0 Å². The summed E-state index contributed by atoms with van der Waals surface area (Å²) in [5.74, 6) is 0. The highest BCUT2D eigenvalue weighted by molar-refractivity contribution is 5.98. The second-order valence-corrected chi connectivity index (χ2v) is 17.6. The van der Waals surface area contributed by atoms with Gasteiger partial charge in [-0.05, 0) is 131 Å². The first-order chi connectivity index (χ1) is 31.0. The predicted octanol–water partition coefficient (Wildman–Crippen LogP) is 16.3. The predicted molar refractivity (Wildman–Crippen MR) is 264 cm³/mol. The van der Waals surface area contributed by atoms with E-state index in [0.29, 0.717) is 0 Å². The molecule has 1 nitrogen and oxygen atoms in total. The first-order valence-electron chi connectivity index (χ1n) is 22.1. The molecule has 0 fully saturated rings. The second-order valence-electron chi connectivity index (χ2n) is 17.6. The lowest BCUT2D eigenvalue weighted by Gasteiger charge is -2.35. The van der Waals surface area contributed by atoms with E-state index in [2.05, 4.69) is 255 Å². The summed E-state index contributed by atoms with van der Waals surface area (Å²) in [7, 11) is 0. The zero-order chi connectivity index (χ0) is 42.1. The topological polar surface area (TPSA) is 3.24 Å². The van der Waals surface area contributed by atoms with Gasteiger partial charge in [-0.1, -0.05) is 208 Å². The molecule has 12 rings (SSSR count). The van der Waals surface area contributed by atoms with Crippen LogP contribution < -0.4 is 4.90 Å². The number of hydrogen-bond donors (Lipinski definition) is 0. The fourth-order valence-corrected chi connectivity index (χ4v) is 11.0. The summed E-state index contributed by atoms with van der Waals surface area (Å²) >= 11 is 0. The number of rotatable bonds is 7. The van der Waals surface area contributed by atoms with Crippen molar-refractivity contribution >= 4 is 27.8 Å². The Bertz CT molecular complexity index is 3310. The van der Waals surface area contributed by atoms with Gasteiger partial charge in [-0.25, -0.2) is 0 Å². The second kappa shape index (κ2) is 14.4. The molecule has 0 radical (unpaired) electrons. The van der Waals surface area contributed by atoms with Gasteiger partial charge in [0.05, 0.1) is 5.41 Å². The maximum absolute atomic E-state index is 2.47. The van der Waals surface area contributed by atoms with Crippen molar-refractivity contribution in [3.8, 4) is 44.5 Å². The van der Waals surface area contributed by atoms with Crippen molar-refractivity contribution in [2.45, 2.75) is 24.7 Å². The number of anilines is 3. The van der Waals surface area contributed by atoms with E-state index in [1.54, 1.807) is 0 Å². The lowest BCUT2D eigenvalue weighted by atomic mass is 9.67. The van der Waals surface area contributed by atoms with Gasteiger partial charge in [-0.3, -0.25) is 0 Å². The highest BCUT2D eigenvalue weighted by atomic mass is 15.1. The Hall–Kier alpha value is -7.74. The molecule has 0 amide bonds. The number of nitrogens with zero attached hydrogens (tertiary/aromatic N) is 1. The molecule has 0 aromatic heterocycles. The molecule has 0 saturated carbocycles. The molecule has 0 unspecified atom stereocenters. The summed E-state index contributed by atoms with van der Waals surface area (Å²) in [6.07, 6.45) is 0. The molecule has 63 heavy (non-hydrogen) atoms.